The van der Waals surface area contributed by atoms with Gasteiger partial charge in [-0.05, 0) is 44.4 Å². The molecule has 2 aromatic rings. The Bertz CT molecular complexity index is 755. The molecule has 0 bridgehead atoms. The Labute approximate surface area is 175 Å². The first-order chi connectivity index (χ1) is 11.5. The molecule has 25 heavy (non-hydrogen) atoms. The lowest BCUT2D eigenvalue weighted by Gasteiger charge is -2.19. The van der Waals surface area contributed by atoms with Crippen molar-refractivity contribution in [2.75, 3.05) is 13.6 Å². The monoisotopic (exact) mass is 490 g/mol. The van der Waals surface area contributed by atoms with Crippen LogP contribution in [0.25, 0.3) is 0 Å². The van der Waals surface area contributed by atoms with Gasteiger partial charge >= 0.3 is 0 Å². The number of nitrogens with zero attached hydrogens (tertiary/aromatic N) is 2. The highest BCUT2D eigenvalue weighted by Crippen LogP contribution is 2.48. The average molecular weight is 491 g/mol. The van der Waals surface area contributed by atoms with Crippen LogP contribution in [0.15, 0.2) is 29.3 Å². The second kappa shape index (κ2) is 8.68. The molecule has 1 aromatic heterocycles. The molecule has 2 N–H and O–H groups in total. The van der Waals surface area contributed by atoms with Crippen LogP contribution in [0.4, 0.5) is 0 Å². The van der Waals surface area contributed by atoms with Crippen LogP contribution in [0.2, 0.25) is 5.02 Å². The Hall–Kier alpha value is -0.860. The van der Waals surface area contributed by atoms with Crippen LogP contribution in [0.1, 0.15) is 34.0 Å². The fourth-order valence-electron chi connectivity index (χ4n) is 2.91. The van der Waals surface area contributed by atoms with Crippen LogP contribution in [-0.2, 0) is 12.0 Å². The highest BCUT2D eigenvalue weighted by atomic mass is 127. The molecule has 1 saturated carbocycles. The molecule has 0 spiro atoms. The van der Waals surface area contributed by atoms with Gasteiger partial charge in [-0.25, -0.2) is 4.98 Å². The van der Waals surface area contributed by atoms with E-state index in [1.807, 2.05) is 19.1 Å². The zero-order chi connectivity index (χ0) is 17.2. The van der Waals surface area contributed by atoms with E-state index in [-0.39, 0.29) is 29.4 Å². The van der Waals surface area contributed by atoms with E-state index >= 15 is 0 Å². The minimum Gasteiger partial charge on any atom is -0.356 e. The number of aromatic nitrogens is 1. The van der Waals surface area contributed by atoms with Gasteiger partial charge in [0.15, 0.2) is 5.96 Å². The first kappa shape index (κ1) is 20.5. The SMILES string of the molecule is CN=C(NCc1sc(C)nc1C)NCC1(c2cccc(Cl)c2)CC1.I. The number of halogens is 2. The van der Waals surface area contributed by atoms with Crippen molar-refractivity contribution in [1.82, 2.24) is 15.6 Å². The maximum absolute atomic E-state index is 6.14. The maximum Gasteiger partial charge on any atom is 0.191 e. The maximum atomic E-state index is 6.14. The lowest BCUT2D eigenvalue weighted by molar-refractivity contribution is 0.646. The Kier molecular flexibility index (Phi) is 7.10. The Morgan fingerprint density at radius 2 is 2.08 bits per heavy atom. The van der Waals surface area contributed by atoms with Crippen LogP contribution >= 0.6 is 46.9 Å². The van der Waals surface area contributed by atoms with Gasteiger partial charge in [-0.3, -0.25) is 4.99 Å². The Morgan fingerprint density at radius 3 is 2.64 bits per heavy atom. The molecule has 0 radical (unpaired) electrons. The molecular weight excluding hydrogens is 467 g/mol. The summed E-state index contributed by atoms with van der Waals surface area (Å²) in [6.07, 6.45) is 2.37. The van der Waals surface area contributed by atoms with Crippen molar-refractivity contribution in [2.45, 2.75) is 38.6 Å². The molecule has 7 heteroatoms. The van der Waals surface area contributed by atoms with Crippen LogP contribution in [0.5, 0.6) is 0 Å². The highest BCUT2D eigenvalue weighted by Gasteiger charge is 2.44. The van der Waals surface area contributed by atoms with E-state index in [2.05, 4.69) is 39.7 Å². The smallest absolute Gasteiger partial charge is 0.191 e. The van der Waals surface area contributed by atoms with Gasteiger partial charge in [0.2, 0.25) is 0 Å². The number of benzene rings is 1. The number of hydrogen-bond donors (Lipinski definition) is 2. The number of nitrogens with one attached hydrogen (secondary N) is 2. The minimum absolute atomic E-state index is 0. The predicted octanol–water partition coefficient (Wildman–Crippen LogP) is 4.43. The zero-order valence-electron chi connectivity index (χ0n) is 14.7. The van der Waals surface area contributed by atoms with E-state index < -0.39 is 0 Å². The third-order valence-corrected chi connectivity index (χ3v) is 5.83. The van der Waals surface area contributed by atoms with E-state index in [1.54, 1.807) is 18.4 Å². The molecule has 0 unspecified atom stereocenters. The van der Waals surface area contributed by atoms with E-state index in [1.165, 1.54) is 23.3 Å². The molecule has 0 saturated heterocycles. The first-order valence-electron chi connectivity index (χ1n) is 8.16. The molecule has 1 aliphatic carbocycles. The van der Waals surface area contributed by atoms with E-state index in [4.69, 9.17) is 11.6 Å². The number of aryl methyl sites for hydroxylation is 2. The summed E-state index contributed by atoms with van der Waals surface area (Å²) in [6.45, 7) is 5.71. The van der Waals surface area contributed by atoms with Gasteiger partial charge in [0, 0.05) is 28.9 Å². The lowest BCUT2D eigenvalue weighted by atomic mass is 9.96. The number of hydrogen-bond acceptors (Lipinski definition) is 3. The molecule has 1 aliphatic rings. The van der Waals surface area contributed by atoms with Crippen molar-refractivity contribution in [1.29, 1.82) is 0 Å². The summed E-state index contributed by atoms with van der Waals surface area (Å²) in [5.74, 6) is 0.828. The number of guanidine groups is 1. The average Bonchev–Trinajstić information content (AvgIpc) is 3.28. The topological polar surface area (TPSA) is 49.3 Å². The third-order valence-electron chi connectivity index (χ3n) is 4.52. The lowest BCUT2D eigenvalue weighted by Crippen LogP contribution is -2.40. The molecule has 4 nitrogen and oxygen atoms in total. The van der Waals surface area contributed by atoms with Crippen molar-refractivity contribution in [3.05, 3.63) is 50.4 Å². The highest BCUT2D eigenvalue weighted by molar-refractivity contribution is 14.0. The van der Waals surface area contributed by atoms with E-state index in [0.29, 0.717) is 0 Å². The van der Waals surface area contributed by atoms with Crippen LogP contribution < -0.4 is 10.6 Å². The van der Waals surface area contributed by atoms with Gasteiger partial charge in [0.25, 0.3) is 0 Å². The molecule has 1 heterocycles. The second-order valence-corrected chi connectivity index (χ2v) is 8.04. The zero-order valence-corrected chi connectivity index (χ0v) is 18.6. The predicted molar refractivity (Wildman–Crippen MR) is 118 cm³/mol. The van der Waals surface area contributed by atoms with Gasteiger partial charge < -0.3 is 10.6 Å². The second-order valence-electron chi connectivity index (χ2n) is 6.31. The van der Waals surface area contributed by atoms with Crippen LogP contribution in [-0.4, -0.2) is 24.5 Å². The number of thiazole rings is 1. The number of rotatable bonds is 5. The molecule has 0 atom stereocenters. The molecule has 1 aromatic carbocycles. The van der Waals surface area contributed by atoms with Gasteiger partial charge in [0.1, 0.15) is 0 Å². The van der Waals surface area contributed by atoms with E-state index in [0.717, 1.165) is 34.8 Å². The van der Waals surface area contributed by atoms with E-state index in [9.17, 15) is 0 Å². The quantitative estimate of drug-likeness (QED) is 0.370. The summed E-state index contributed by atoms with van der Waals surface area (Å²) in [6, 6.07) is 8.20. The molecule has 0 amide bonds. The first-order valence-corrected chi connectivity index (χ1v) is 9.35. The fraction of sp³-hybridized carbons (Fsp3) is 0.444. The third kappa shape index (κ3) is 5.08. The summed E-state index contributed by atoms with van der Waals surface area (Å²) in [7, 11) is 1.80. The molecular formula is C18H24ClIN4S. The Balaban J connectivity index is 0.00000225. The summed E-state index contributed by atoms with van der Waals surface area (Å²) in [4.78, 5) is 10.1. The van der Waals surface area contributed by atoms with Crippen molar-refractivity contribution in [2.24, 2.45) is 4.99 Å². The van der Waals surface area contributed by atoms with Crippen LogP contribution in [0, 0.1) is 13.8 Å². The standard InChI is InChI=1S/C18H23ClN4S.HI/c1-12-16(24-13(2)23-12)10-21-17(20-3)22-11-18(7-8-18)14-5-4-6-15(19)9-14;/h4-6,9H,7-8,10-11H2,1-3H3,(H2,20,21,22);1H. The van der Waals surface area contributed by atoms with Gasteiger partial charge in [-0.2, -0.15) is 0 Å². The van der Waals surface area contributed by atoms with Gasteiger partial charge in [0.05, 0.1) is 17.2 Å². The summed E-state index contributed by atoms with van der Waals surface area (Å²) in [5.41, 5.74) is 2.60. The fourth-order valence-corrected chi connectivity index (χ4v) is 3.98. The number of aliphatic imine (C=N–C) groups is 1. The normalized spacial score (nSPS) is 15.4. The summed E-state index contributed by atoms with van der Waals surface area (Å²) in [5, 5.41) is 8.76. The van der Waals surface area contributed by atoms with Gasteiger partial charge in [-0.15, -0.1) is 35.3 Å². The summed E-state index contributed by atoms with van der Waals surface area (Å²) >= 11 is 7.87. The van der Waals surface area contributed by atoms with Crippen LogP contribution in [0.3, 0.4) is 0 Å². The molecule has 136 valence electrons. The minimum atomic E-state index is 0. The molecule has 3 rings (SSSR count). The largest absolute Gasteiger partial charge is 0.356 e. The van der Waals surface area contributed by atoms with Gasteiger partial charge in [-0.1, -0.05) is 23.7 Å². The van der Waals surface area contributed by atoms with Crippen molar-refractivity contribution in [3.8, 4) is 0 Å². The molecule has 0 aliphatic heterocycles. The Morgan fingerprint density at radius 1 is 1.32 bits per heavy atom. The van der Waals surface area contributed by atoms with Crippen molar-refractivity contribution >= 4 is 52.9 Å². The molecule has 1 fully saturated rings. The van der Waals surface area contributed by atoms with Crippen molar-refractivity contribution in [3.63, 3.8) is 0 Å². The van der Waals surface area contributed by atoms with Crippen molar-refractivity contribution < 1.29 is 0 Å². The summed E-state index contributed by atoms with van der Waals surface area (Å²) < 4.78 is 0.